The van der Waals surface area contributed by atoms with Gasteiger partial charge in [0.2, 0.25) is 5.91 Å². The summed E-state index contributed by atoms with van der Waals surface area (Å²) in [4.78, 5) is 24.7. The highest BCUT2D eigenvalue weighted by Gasteiger charge is 2.13. The van der Waals surface area contributed by atoms with Gasteiger partial charge in [-0.05, 0) is 18.6 Å². The summed E-state index contributed by atoms with van der Waals surface area (Å²) in [5.74, 6) is -0.520. The highest BCUT2D eigenvalue weighted by atomic mass is 16.4. The van der Waals surface area contributed by atoms with E-state index in [1.807, 2.05) is 0 Å². The molecule has 6 heteroatoms. The first-order chi connectivity index (χ1) is 9.04. The first-order valence-electron chi connectivity index (χ1n) is 6.01. The smallest absolute Gasteiger partial charge is 0.408 e. The molecule has 0 fully saturated rings. The minimum absolute atomic E-state index is 0.00776. The predicted octanol–water partition coefficient (Wildman–Crippen LogP) is 0.867. The fraction of sp³-hybridized carbons (Fsp3) is 0.385. The lowest BCUT2D eigenvalue weighted by Gasteiger charge is -2.16. The number of amides is 1. The van der Waals surface area contributed by atoms with E-state index in [0.29, 0.717) is 23.2 Å². The van der Waals surface area contributed by atoms with Gasteiger partial charge >= 0.3 is 5.76 Å². The second-order valence-electron chi connectivity index (χ2n) is 4.36. The average molecular weight is 264 g/mol. The highest BCUT2D eigenvalue weighted by molar-refractivity contribution is 5.94. The second kappa shape index (κ2) is 5.27. The number of hydrogen-bond donors (Lipinski definition) is 1. The van der Waals surface area contributed by atoms with Gasteiger partial charge in [0.25, 0.3) is 0 Å². The van der Waals surface area contributed by atoms with Crippen LogP contribution in [0.5, 0.6) is 0 Å². The molecule has 1 N–H and O–H groups in total. The van der Waals surface area contributed by atoms with Gasteiger partial charge in [-0.1, -0.05) is 0 Å². The van der Waals surface area contributed by atoms with E-state index >= 15 is 0 Å². The molecule has 0 bridgehead atoms. The first kappa shape index (κ1) is 13.4. The summed E-state index contributed by atoms with van der Waals surface area (Å²) in [5.41, 5.74) is 1.79. The molecule has 0 aliphatic rings. The lowest BCUT2D eigenvalue weighted by molar-refractivity contribution is -0.118. The molecule has 1 aromatic heterocycles. The van der Waals surface area contributed by atoms with Gasteiger partial charge in [0.1, 0.15) is 0 Å². The summed E-state index contributed by atoms with van der Waals surface area (Å²) in [7, 11) is 3.28. The molecule has 0 unspecified atom stereocenters. The van der Waals surface area contributed by atoms with Crippen LogP contribution in [-0.4, -0.2) is 29.2 Å². The lowest BCUT2D eigenvalue weighted by Crippen LogP contribution is -2.26. The molecule has 0 saturated carbocycles. The van der Waals surface area contributed by atoms with E-state index < -0.39 is 5.76 Å². The summed E-state index contributed by atoms with van der Waals surface area (Å²) < 4.78 is 6.49. The van der Waals surface area contributed by atoms with Crippen LogP contribution in [0.25, 0.3) is 11.1 Å². The second-order valence-corrected chi connectivity index (χ2v) is 4.36. The number of carbonyl (C=O) groups is 1. The standard InChI is InChI=1S/C13H16N2O4/c1-14(12(17)4-3-7-16)9-5-6-10-11(8-9)19-13(18)15(10)2/h5-6,8,16H,3-4,7H2,1-2H3. The number of fused-ring (bicyclic) bond motifs is 1. The summed E-state index contributed by atoms with van der Waals surface area (Å²) >= 11 is 0. The Labute approximate surface area is 109 Å². The van der Waals surface area contributed by atoms with E-state index in [4.69, 9.17) is 9.52 Å². The number of benzene rings is 1. The summed E-state index contributed by atoms with van der Waals surface area (Å²) in [6, 6.07) is 5.16. The van der Waals surface area contributed by atoms with E-state index in [1.54, 1.807) is 32.3 Å². The van der Waals surface area contributed by atoms with Crippen molar-refractivity contribution in [1.29, 1.82) is 0 Å². The molecule has 102 valence electrons. The Morgan fingerprint density at radius 3 is 2.89 bits per heavy atom. The van der Waals surface area contributed by atoms with Gasteiger partial charge in [0.15, 0.2) is 5.58 Å². The van der Waals surface area contributed by atoms with Gasteiger partial charge in [-0.25, -0.2) is 4.79 Å². The quantitative estimate of drug-likeness (QED) is 0.889. The number of oxazole rings is 1. The van der Waals surface area contributed by atoms with Gasteiger partial charge in [-0.2, -0.15) is 0 Å². The number of aromatic nitrogens is 1. The van der Waals surface area contributed by atoms with Crippen molar-refractivity contribution < 1.29 is 14.3 Å². The van der Waals surface area contributed by atoms with Crippen LogP contribution < -0.4 is 10.7 Å². The molecular weight excluding hydrogens is 248 g/mol. The van der Waals surface area contributed by atoms with Crippen LogP contribution >= 0.6 is 0 Å². The molecule has 0 atom stereocenters. The van der Waals surface area contributed by atoms with E-state index in [9.17, 15) is 9.59 Å². The Bertz CT molecular complexity index is 656. The van der Waals surface area contributed by atoms with E-state index in [0.717, 1.165) is 0 Å². The number of aliphatic hydroxyl groups is 1. The number of anilines is 1. The van der Waals surface area contributed by atoms with Crippen LogP contribution in [0.2, 0.25) is 0 Å². The number of nitrogens with zero attached hydrogens (tertiary/aromatic N) is 2. The molecule has 1 amide bonds. The third-order valence-corrected chi connectivity index (χ3v) is 3.09. The van der Waals surface area contributed by atoms with Crippen molar-refractivity contribution in [2.24, 2.45) is 7.05 Å². The molecule has 0 saturated heterocycles. The van der Waals surface area contributed by atoms with Crippen molar-refractivity contribution in [3.63, 3.8) is 0 Å². The Kier molecular flexibility index (Phi) is 3.71. The van der Waals surface area contributed by atoms with Crippen LogP contribution in [-0.2, 0) is 11.8 Å². The minimum atomic E-state index is -0.429. The Hall–Kier alpha value is -2.08. The highest BCUT2D eigenvalue weighted by Crippen LogP contribution is 2.21. The molecule has 1 heterocycles. The Balaban J connectivity index is 2.30. The molecule has 2 rings (SSSR count). The largest absolute Gasteiger partial charge is 0.419 e. The number of hydrogen-bond acceptors (Lipinski definition) is 4. The van der Waals surface area contributed by atoms with Gasteiger partial charge < -0.3 is 14.4 Å². The zero-order valence-electron chi connectivity index (χ0n) is 10.9. The maximum Gasteiger partial charge on any atom is 0.419 e. The van der Waals surface area contributed by atoms with Crippen molar-refractivity contribution in [1.82, 2.24) is 4.57 Å². The van der Waals surface area contributed by atoms with Crippen LogP contribution in [0.3, 0.4) is 0 Å². The Morgan fingerprint density at radius 1 is 1.47 bits per heavy atom. The third kappa shape index (κ3) is 2.53. The predicted molar refractivity (Wildman–Crippen MR) is 71.2 cm³/mol. The van der Waals surface area contributed by atoms with Gasteiger partial charge in [0.05, 0.1) is 5.52 Å². The lowest BCUT2D eigenvalue weighted by atomic mass is 10.2. The van der Waals surface area contributed by atoms with Gasteiger partial charge in [0, 0.05) is 38.9 Å². The van der Waals surface area contributed by atoms with Crippen LogP contribution in [0.1, 0.15) is 12.8 Å². The number of carbonyl (C=O) groups excluding carboxylic acids is 1. The van der Waals surface area contributed by atoms with Crippen molar-refractivity contribution in [3.05, 3.63) is 28.7 Å². The summed E-state index contributed by atoms with van der Waals surface area (Å²) in [6.07, 6.45) is 0.718. The van der Waals surface area contributed by atoms with Crippen LogP contribution in [0, 0.1) is 0 Å². The zero-order valence-corrected chi connectivity index (χ0v) is 10.9. The monoisotopic (exact) mass is 264 g/mol. The molecule has 2 aromatic rings. The molecular formula is C13H16N2O4. The molecule has 1 aromatic carbocycles. The van der Waals surface area contributed by atoms with Gasteiger partial charge in [-0.15, -0.1) is 0 Å². The number of aryl methyl sites for hydroxylation is 1. The number of aliphatic hydroxyl groups excluding tert-OH is 1. The van der Waals surface area contributed by atoms with E-state index in [-0.39, 0.29) is 18.9 Å². The molecule has 19 heavy (non-hydrogen) atoms. The van der Waals surface area contributed by atoms with Crippen molar-refractivity contribution in [2.45, 2.75) is 12.8 Å². The van der Waals surface area contributed by atoms with E-state index in [2.05, 4.69) is 0 Å². The summed E-state index contributed by atoms with van der Waals surface area (Å²) in [5, 5.41) is 8.72. The number of rotatable bonds is 4. The normalized spacial score (nSPS) is 10.9. The summed E-state index contributed by atoms with van der Waals surface area (Å²) in [6.45, 7) is -0.00776. The van der Waals surface area contributed by atoms with E-state index in [1.165, 1.54) is 9.47 Å². The van der Waals surface area contributed by atoms with Crippen LogP contribution in [0.15, 0.2) is 27.4 Å². The van der Waals surface area contributed by atoms with Gasteiger partial charge in [-0.3, -0.25) is 9.36 Å². The van der Waals surface area contributed by atoms with Crippen LogP contribution in [0.4, 0.5) is 5.69 Å². The molecule has 6 nitrogen and oxygen atoms in total. The average Bonchev–Trinajstić information content (AvgIpc) is 2.70. The SMILES string of the molecule is CN(C(=O)CCCO)c1ccc2c(c1)oc(=O)n2C. The molecule has 0 spiro atoms. The van der Waals surface area contributed by atoms with Crippen molar-refractivity contribution in [2.75, 3.05) is 18.6 Å². The third-order valence-electron chi connectivity index (χ3n) is 3.09. The zero-order chi connectivity index (χ0) is 14.0. The van der Waals surface area contributed by atoms with Crippen molar-refractivity contribution in [3.8, 4) is 0 Å². The maximum atomic E-state index is 11.8. The fourth-order valence-electron chi connectivity index (χ4n) is 1.87. The topological polar surface area (TPSA) is 75.7 Å². The Morgan fingerprint density at radius 2 is 2.21 bits per heavy atom. The minimum Gasteiger partial charge on any atom is -0.408 e. The molecule has 0 radical (unpaired) electrons. The maximum absolute atomic E-state index is 11.8. The molecule has 0 aliphatic carbocycles. The molecule has 0 aliphatic heterocycles. The fourth-order valence-corrected chi connectivity index (χ4v) is 1.87. The van der Waals surface area contributed by atoms with Crippen molar-refractivity contribution >= 4 is 22.7 Å². The first-order valence-corrected chi connectivity index (χ1v) is 6.01.